The number of nitrogens with two attached hydrogens (primary N) is 1. The zero-order valence-electron chi connectivity index (χ0n) is 17.2. The van der Waals surface area contributed by atoms with Gasteiger partial charge in [-0.1, -0.05) is 12.1 Å². The summed E-state index contributed by atoms with van der Waals surface area (Å²) in [5.74, 6) is -2.36. The molecule has 0 bridgehead atoms. The number of benzene rings is 1. The number of amides is 1. The number of aromatic nitrogens is 5. The minimum absolute atomic E-state index is 0.0837. The Morgan fingerprint density at radius 1 is 1.28 bits per heavy atom. The summed E-state index contributed by atoms with van der Waals surface area (Å²) in [5.41, 5.74) is 7.60. The Morgan fingerprint density at radius 3 is 2.78 bits per heavy atom. The number of carbonyl (C=O) groups excluding carboxylic acids is 1. The van der Waals surface area contributed by atoms with E-state index in [1.165, 1.54) is 29.1 Å². The molecule has 10 heteroatoms. The largest absolute Gasteiger partial charge is 0.369 e. The summed E-state index contributed by atoms with van der Waals surface area (Å²) in [6.07, 6.45) is 5.18. The SMILES string of the molecule is Cn1cc(-c2nc(NCCc3cccc(F)c3)c(C(C(N)=O)c3cc[nH]n3)cc2F)cn1. The molecule has 0 saturated carbocycles. The molecule has 0 aliphatic carbocycles. The number of pyridine rings is 1. The molecule has 3 heterocycles. The second kappa shape index (κ2) is 8.96. The van der Waals surface area contributed by atoms with Crippen LogP contribution in [0.2, 0.25) is 0 Å². The third kappa shape index (κ3) is 4.48. The van der Waals surface area contributed by atoms with Crippen LogP contribution in [-0.2, 0) is 18.3 Å². The number of nitrogens with zero attached hydrogens (tertiary/aromatic N) is 4. The smallest absolute Gasteiger partial charge is 0.231 e. The van der Waals surface area contributed by atoms with Crippen molar-refractivity contribution in [2.45, 2.75) is 12.3 Å². The average Bonchev–Trinajstić information content (AvgIpc) is 3.41. The predicted octanol–water partition coefficient (Wildman–Crippen LogP) is 2.76. The van der Waals surface area contributed by atoms with Crippen molar-refractivity contribution in [3.05, 3.63) is 83.4 Å². The molecule has 0 aliphatic heterocycles. The third-order valence-electron chi connectivity index (χ3n) is 4.99. The first-order chi connectivity index (χ1) is 15.4. The Labute approximate surface area is 182 Å². The van der Waals surface area contributed by atoms with Gasteiger partial charge in [0.1, 0.15) is 29.1 Å². The van der Waals surface area contributed by atoms with E-state index in [0.29, 0.717) is 24.2 Å². The van der Waals surface area contributed by atoms with Crippen molar-refractivity contribution in [1.29, 1.82) is 0 Å². The summed E-state index contributed by atoms with van der Waals surface area (Å²) in [5, 5.41) is 13.9. The summed E-state index contributed by atoms with van der Waals surface area (Å²) in [4.78, 5) is 16.7. The summed E-state index contributed by atoms with van der Waals surface area (Å²) >= 11 is 0. The third-order valence-corrected chi connectivity index (χ3v) is 4.99. The second-order valence-corrected chi connectivity index (χ2v) is 7.30. The van der Waals surface area contributed by atoms with Gasteiger partial charge in [-0.05, 0) is 36.2 Å². The lowest BCUT2D eigenvalue weighted by atomic mass is 9.94. The maximum atomic E-state index is 15.1. The molecule has 0 aliphatic rings. The molecule has 164 valence electrons. The normalized spacial score (nSPS) is 12.0. The number of H-pyrrole nitrogens is 1. The van der Waals surface area contributed by atoms with Crippen LogP contribution in [0.3, 0.4) is 0 Å². The molecule has 8 nitrogen and oxygen atoms in total. The monoisotopic (exact) mass is 437 g/mol. The summed E-state index contributed by atoms with van der Waals surface area (Å²) in [6.45, 7) is 0.369. The van der Waals surface area contributed by atoms with E-state index in [0.717, 1.165) is 5.56 Å². The Bertz CT molecular complexity index is 1240. The van der Waals surface area contributed by atoms with E-state index in [2.05, 4.69) is 25.6 Å². The lowest BCUT2D eigenvalue weighted by molar-refractivity contribution is -0.118. The molecular formula is C22H21F2N7O. The standard InChI is InChI=1S/C22H21F2N7O/c1-31-12-14(11-28-31)20-17(24)10-16(19(21(25)32)18-6-8-27-30-18)22(29-20)26-7-5-13-3-2-4-15(23)9-13/h2-4,6,8-12,19H,5,7H2,1H3,(H2,25,32)(H,26,29)(H,27,30). The van der Waals surface area contributed by atoms with Crippen molar-refractivity contribution in [3.63, 3.8) is 0 Å². The van der Waals surface area contributed by atoms with E-state index < -0.39 is 17.6 Å². The maximum Gasteiger partial charge on any atom is 0.231 e. The summed E-state index contributed by atoms with van der Waals surface area (Å²) in [7, 11) is 1.72. The minimum Gasteiger partial charge on any atom is -0.369 e. The van der Waals surface area contributed by atoms with Crippen LogP contribution in [-0.4, -0.2) is 37.4 Å². The Kier molecular flexibility index (Phi) is 5.93. The minimum atomic E-state index is -1.01. The Morgan fingerprint density at radius 2 is 2.12 bits per heavy atom. The van der Waals surface area contributed by atoms with Crippen LogP contribution in [0.25, 0.3) is 11.3 Å². The molecule has 0 radical (unpaired) electrons. The average molecular weight is 437 g/mol. The fourth-order valence-electron chi connectivity index (χ4n) is 3.52. The van der Waals surface area contributed by atoms with Crippen LogP contribution in [0.4, 0.5) is 14.6 Å². The van der Waals surface area contributed by atoms with Crippen molar-refractivity contribution in [3.8, 4) is 11.3 Å². The highest BCUT2D eigenvalue weighted by Crippen LogP contribution is 2.32. The van der Waals surface area contributed by atoms with Crippen LogP contribution in [0.15, 0.2) is 55.0 Å². The van der Waals surface area contributed by atoms with E-state index >= 15 is 4.39 Å². The van der Waals surface area contributed by atoms with Crippen LogP contribution in [0, 0.1) is 11.6 Å². The summed E-state index contributed by atoms with van der Waals surface area (Å²) < 4.78 is 30.1. The molecule has 3 aromatic heterocycles. The van der Waals surface area contributed by atoms with Gasteiger partial charge in [-0.25, -0.2) is 13.8 Å². The molecular weight excluding hydrogens is 416 g/mol. The lowest BCUT2D eigenvalue weighted by Crippen LogP contribution is -2.25. The Hall–Kier alpha value is -4.08. The van der Waals surface area contributed by atoms with Crippen molar-refractivity contribution >= 4 is 11.7 Å². The highest BCUT2D eigenvalue weighted by molar-refractivity contribution is 5.87. The number of anilines is 1. The van der Waals surface area contributed by atoms with Gasteiger partial charge in [0, 0.05) is 37.1 Å². The van der Waals surface area contributed by atoms with Crippen molar-refractivity contribution in [2.24, 2.45) is 12.8 Å². The number of nitrogens with one attached hydrogen (secondary N) is 2. The predicted molar refractivity (Wildman–Crippen MR) is 115 cm³/mol. The van der Waals surface area contributed by atoms with E-state index in [9.17, 15) is 9.18 Å². The number of hydrogen-bond acceptors (Lipinski definition) is 5. The zero-order chi connectivity index (χ0) is 22.7. The van der Waals surface area contributed by atoms with E-state index in [1.54, 1.807) is 37.6 Å². The Balaban J connectivity index is 1.72. The molecule has 0 saturated heterocycles. The van der Waals surface area contributed by atoms with Crippen LogP contribution < -0.4 is 11.1 Å². The molecule has 32 heavy (non-hydrogen) atoms. The number of hydrogen-bond donors (Lipinski definition) is 3. The number of primary amides is 1. The lowest BCUT2D eigenvalue weighted by Gasteiger charge is -2.18. The van der Waals surface area contributed by atoms with Crippen molar-refractivity contribution < 1.29 is 13.6 Å². The van der Waals surface area contributed by atoms with Gasteiger partial charge in [-0.15, -0.1) is 0 Å². The molecule has 0 spiro atoms. The zero-order valence-corrected chi connectivity index (χ0v) is 17.2. The number of halogens is 2. The van der Waals surface area contributed by atoms with Gasteiger partial charge in [0.2, 0.25) is 5.91 Å². The molecule has 4 rings (SSSR count). The molecule has 1 aromatic carbocycles. The summed E-state index contributed by atoms with van der Waals surface area (Å²) in [6, 6.07) is 9.09. The first-order valence-electron chi connectivity index (χ1n) is 9.89. The number of aryl methyl sites for hydroxylation is 1. The quantitative estimate of drug-likeness (QED) is 0.392. The van der Waals surface area contributed by atoms with Gasteiger partial charge >= 0.3 is 0 Å². The molecule has 1 unspecified atom stereocenters. The molecule has 1 atom stereocenters. The highest BCUT2D eigenvalue weighted by atomic mass is 19.1. The van der Waals surface area contributed by atoms with Gasteiger partial charge in [0.25, 0.3) is 0 Å². The van der Waals surface area contributed by atoms with Crippen LogP contribution in [0.1, 0.15) is 22.7 Å². The first kappa shape index (κ1) is 21.2. The van der Waals surface area contributed by atoms with Crippen molar-refractivity contribution in [2.75, 3.05) is 11.9 Å². The maximum absolute atomic E-state index is 15.1. The van der Waals surface area contributed by atoms with Crippen molar-refractivity contribution in [1.82, 2.24) is 25.0 Å². The second-order valence-electron chi connectivity index (χ2n) is 7.30. The van der Waals surface area contributed by atoms with E-state index in [1.807, 2.05) is 0 Å². The fourth-order valence-corrected chi connectivity index (χ4v) is 3.52. The molecule has 1 amide bonds. The first-order valence-corrected chi connectivity index (χ1v) is 9.89. The van der Waals surface area contributed by atoms with Gasteiger partial charge in [0.15, 0.2) is 0 Å². The van der Waals surface area contributed by atoms with Crippen LogP contribution >= 0.6 is 0 Å². The number of rotatable bonds is 8. The van der Waals surface area contributed by atoms with Crippen LogP contribution in [0.5, 0.6) is 0 Å². The number of aromatic amines is 1. The molecule has 4 N–H and O–H groups in total. The van der Waals surface area contributed by atoms with E-state index in [4.69, 9.17) is 5.73 Å². The topological polar surface area (TPSA) is 115 Å². The molecule has 4 aromatic rings. The van der Waals surface area contributed by atoms with Gasteiger partial charge in [-0.2, -0.15) is 10.2 Å². The highest BCUT2D eigenvalue weighted by Gasteiger charge is 2.28. The van der Waals surface area contributed by atoms with Gasteiger partial charge in [0.05, 0.1) is 11.9 Å². The fraction of sp³-hybridized carbons (Fsp3) is 0.182. The van der Waals surface area contributed by atoms with Gasteiger partial charge in [-0.3, -0.25) is 14.6 Å². The van der Waals surface area contributed by atoms with E-state index in [-0.39, 0.29) is 22.9 Å². The molecule has 0 fully saturated rings. The number of carbonyl (C=O) groups is 1. The van der Waals surface area contributed by atoms with Gasteiger partial charge < -0.3 is 11.1 Å².